The summed E-state index contributed by atoms with van der Waals surface area (Å²) in [7, 11) is 4.04. The fraction of sp³-hybridized carbons (Fsp3) is 0.400. The summed E-state index contributed by atoms with van der Waals surface area (Å²) >= 11 is 0. The molecule has 0 saturated carbocycles. The van der Waals surface area contributed by atoms with Crippen molar-refractivity contribution in [3.05, 3.63) is 53.7 Å². The van der Waals surface area contributed by atoms with Crippen molar-refractivity contribution in [1.29, 1.82) is 0 Å². The van der Waals surface area contributed by atoms with Gasteiger partial charge in [0, 0.05) is 37.0 Å². The molecule has 0 bridgehead atoms. The summed E-state index contributed by atoms with van der Waals surface area (Å²) in [6.45, 7) is 2.65. The number of rotatable bonds is 7. The Kier molecular flexibility index (Phi) is 5.12. The van der Waals surface area contributed by atoms with Gasteiger partial charge < -0.3 is 9.73 Å². The molecule has 0 saturated heterocycles. The Balaban J connectivity index is 1.78. The third-order valence-electron chi connectivity index (χ3n) is 2.99. The maximum atomic E-state index is 5.54. The molecule has 2 aromatic rings. The summed E-state index contributed by atoms with van der Waals surface area (Å²) in [5.41, 5.74) is 2.32. The smallest absolute Gasteiger partial charge is 0.118 e. The highest BCUT2D eigenvalue weighted by Crippen LogP contribution is 2.10. The first-order chi connectivity index (χ1) is 9.28. The second-order valence-electron chi connectivity index (χ2n) is 4.76. The molecule has 4 heteroatoms. The summed E-state index contributed by atoms with van der Waals surface area (Å²) in [6.07, 6.45) is 4.62. The number of aromatic nitrogens is 1. The van der Waals surface area contributed by atoms with Crippen LogP contribution in [0.2, 0.25) is 0 Å². The maximum absolute atomic E-state index is 5.54. The minimum absolute atomic E-state index is 0.830. The van der Waals surface area contributed by atoms with Crippen LogP contribution in [0, 0.1) is 0 Å². The number of hydrogen-bond donors (Lipinski definition) is 1. The quantitative estimate of drug-likeness (QED) is 0.826. The molecule has 0 unspecified atom stereocenters. The predicted octanol–water partition coefficient (Wildman–Crippen LogP) is 2.07. The van der Waals surface area contributed by atoms with Gasteiger partial charge in [-0.3, -0.25) is 9.88 Å². The Hall–Kier alpha value is -1.65. The second kappa shape index (κ2) is 7.07. The average molecular weight is 259 g/mol. The molecule has 0 radical (unpaired) electrons. The number of furan rings is 1. The van der Waals surface area contributed by atoms with Gasteiger partial charge in [-0.2, -0.15) is 0 Å². The van der Waals surface area contributed by atoms with Crippen molar-refractivity contribution >= 4 is 0 Å². The molecule has 0 aliphatic rings. The molecule has 102 valence electrons. The molecule has 0 atom stereocenters. The van der Waals surface area contributed by atoms with E-state index in [2.05, 4.69) is 34.4 Å². The van der Waals surface area contributed by atoms with E-state index in [0.29, 0.717) is 0 Å². The summed E-state index contributed by atoms with van der Waals surface area (Å²) in [6, 6.07) is 8.14. The number of nitrogens with one attached hydrogen (secondary N) is 1. The number of likely N-dealkylation sites (N-methyl/N-ethyl adjacent to an activating group) is 1. The van der Waals surface area contributed by atoms with Gasteiger partial charge in [-0.1, -0.05) is 6.07 Å². The van der Waals surface area contributed by atoms with Crippen LogP contribution in [-0.4, -0.2) is 30.5 Å². The molecule has 0 fully saturated rings. The minimum atomic E-state index is 0.830. The van der Waals surface area contributed by atoms with Crippen molar-refractivity contribution < 1.29 is 4.42 Å². The SMILES string of the molecule is CNCc1coc(CN(C)CCc2ccccn2)c1. The molecule has 0 spiro atoms. The monoisotopic (exact) mass is 259 g/mol. The zero-order valence-corrected chi connectivity index (χ0v) is 11.6. The third-order valence-corrected chi connectivity index (χ3v) is 2.99. The maximum Gasteiger partial charge on any atom is 0.118 e. The second-order valence-corrected chi connectivity index (χ2v) is 4.76. The van der Waals surface area contributed by atoms with Crippen molar-refractivity contribution in [1.82, 2.24) is 15.2 Å². The van der Waals surface area contributed by atoms with Gasteiger partial charge in [-0.25, -0.2) is 0 Å². The van der Waals surface area contributed by atoms with Crippen LogP contribution in [-0.2, 0) is 19.5 Å². The van der Waals surface area contributed by atoms with Gasteiger partial charge in [-0.05, 0) is 32.3 Å². The minimum Gasteiger partial charge on any atom is -0.468 e. The van der Waals surface area contributed by atoms with E-state index in [1.807, 2.05) is 31.6 Å². The van der Waals surface area contributed by atoms with E-state index in [0.717, 1.165) is 37.5 Å². The first-order valence-electron chi connectivity index (χ1n) is 6.57. The molecule has 2 heterocycles. The number of hydrogen-bond acceptors (Lipinski definition) is 4. The first-order valence-corrected chi connectivity index (χ1v) is 6.57. The third kappa shape index (κ3) is 4.50. The van der Waals surface area contributed by atoms with Crippen LogP contribution < -0.4 is 5.32 Å². The lowest BCUT2D eigenvalue weighted by Crippen LogP contribution is -2.20. The topological polar surface area (TPSA) is 41.3 Å². The zero-order valence-electron chi connectivity index (χ0n) is 11.6. The van der Waals surface area contributed by atoms with Gasteiger partial charge >= 0.3 is 0 Å². The normalized spacial score (nSPS) is 11.1. The molecular formula is C15H21N3O. The summed E-state index contributed by atoms with van der Waals surface area (Å²) in [4.78, 5) is 6.57. The molecule has 4 nitrogen and oxygen atoms in total. The standard InChI is InChI=1S/C15H21N3O/c1-16-10-13-9-15(19-12-13)11-18(2)8-6-14-5-3-4-7-17-14/h3-5,7,9,12,16H,6,8,10-11H2,1-2H3. The first kappa shape index (κ1) is 13.8. The van der Waals surface area contributed by atoms with Gasteiger partial charge in [0.2, 0.25) is 0 Å². The fourth-order valence-corrected chi connectivity index (χ4v) is 2.00. The van der Waals surface area contributed by atoms with Crippen LogP contribution >= 0.6 is 0 Å². The Morgan fingerprint density at radius 2 is 2.26 bits per heavy atom. The molecule has 2 rings (SSSR count). The molecule has 1 N–H and O–H groups in total. The van der Waals surface area contributed by atoms with Crippen molar-refractivity contribution in [2.45, 2.75) is 19.5 Å². The lowest BCUT2D eigenvalue weighted by Gasteiger charge is -2.14. The van der Waals surface area contributed by atoms with Crippen molar-refractivity contribution in [2.75, 3.05) is 20.6 Å². The van der Waals surface area contributed by atoms with Gasteiger partial charge in [0.15, 0.2) is 0 Å². The van der Waals surface area contributed by atoms with E-state index in [1.54, 1.807) is 0 Å². The highest BCUT2D eigenvalue weighted by molar-refractivity contribution is 5.12. The zero-order chi connectivity index (χ0) is 13.5. The number of nitrogens with zero attached hydrogens (tertiary/aromatic N) is 2. The summed E-state index contributed by atoms with van der Waals surface area (Å²) < 4.78 is 5.54. The Morgan fingerprint density at radius 3 is 3.00 bits per heavy atom. The Morgan fingerprint density at radius 1 is 1.37 bits per heavy atom. The summed E-state index contributed by atoms with van der Waals surface area (Å²) in [5.74, 6) is 1.01. The van der Waals surface area contributed by atoms with Crippen LogP contribution in [0.25, 0.3) is 0 Å². The largest absolute Gasteiger partial charge is 0.468 e. The molecule has 19 heavy (non-hydrogen) atoms. The highest BCUT2D eigenvalue weighted by atomic mass is 16.3. The van der Waals surface area contributed by atoms with E-state index >= 15 is 0 Å². The lowest BCUT2D eigenvalue weighted by molar-refractivity contribution is 0.297. The van der Waals surface area contributed by atoms with Crippen LogP contribution in [0.3, 0.4) is 0 Å². The molecular weight excluding hydrogens is 238 g/mol. The van der Waals surface area contributed by atoms with Crippen LogP contribution in [0.4, 0.5) is 0 Å². The Bertz CT molecular complexity index is 481. The van der Waals surface area contributed by atoms with Gasteiger partial charge in [0.25, 0.3) is 0 Å². The van der Waals surface area contributed by atoms with E-state index in [-0.39, 0.29) is 0 Å². The van der Waals surface area contributed by atoms with E-state index in [4.69, 9.17) is 4.42 Å². The van der Waals surface area contributed by atoms with Crippen molar-refractivity contribution in [3.63, 3.8) is 0 Å². The molecule has 2 aromatic heterocycles. The van der Waals surface area contributed by atoms with E-state index in [1.165, 1.54) is 5.56 Å². The lowest BCUT2D eigenvalue weighted by atomic mass is 10.2. The molecule has 0 aliphatic heterocycles. The highest BCUT2D eigenvalue weighted by Gasteiger charge is 2.05. The predicted molar refractivity (Wildman–Crippen MR) is 75.7 cm³/mol. The van der Waals surface area contributed by atoms with E-state index < -0.39 is 0 Å². The van der Waals surface area contributed by atoms with Crippen LogP contribution in [0.15, 0.2) is 41.1 Å². The summed E-state index contributed by atoms with van der Waals surface area (Å²) in [5, 5.41) is 3.12. The average Bonchev–Trinajstić information content (AvgIpc) is 2.85. The molecule has 0 amide bonds. The molecule has 0 aromatic carbocycles. The number of pyridine rings is 1. The van der Waals surface area contributed by atoms with E-state index in [9.17, 15) is 0 Å². The van der Waals surface area contributed by atoms with Crippen LogP contribution in [0.1, 0.15) is 17.0 Å². The fourth-order valence-electron chi connectivity index (χ4n) is 2.00. The van der Waals surface area contributed by atoms with Crippen molar-refractivity contribution in [2.24, 2.45) is 0 Å². The Labute approximate surface area is 114 Å². The van der Waals surface area contributed by atoms with Crippen LogP contribution in [0.5, 0.6) is 0 Å². The van der Waals surface area contributed by atoms with Gasteiger partial charge in [0.1, 0.15) is 5.76 Å². The van der Waals surface area contributed by atoms with Gasteiger partial charge in [-0.15, -0.1) is 0 Å². The van der Waals surface area contributed by atoms with Gasteiger partial charge in [0.05, 0.1) is 12.8 Å². The van der Waals surface area contributed by atoms with Crippen molar-refractivity contribution in [3.8, 4) is 0 Å². The molecule has 0 aliphatic carbocycles.